The van der Waals surface area contributed by atoms with Gasteiger partial charge in [-0.1, -0.05) is 26.2 Å². The van der Waals surface area contributed by atoms with E-state index in [1.807, 2.05) is 11.4 Å². The van der Waals surface area contributed by atoms with Gasteiger partial charge in [-0.25, -0.2) is 0 Å². The zero-order valence-electron chi connectivity index (χ0n) is 8.57. The first-order valence-corrected chi connectivity index (χ1v) is 6.05. The van der Waals surface area contributed by atoms with E-state index < -0.39 is 7.12 Å². The largest absolute Gasteiger partial charge is 0.489 e. The molecule has 0 atom stereocenters. The molecule has 0 radical (unpaired) electrons. The van der Waals surface area contributed by atoms with Crippen LogP contribution in [0.25, 0.3) is 0 Å². The minimum Gasteiger partial charge on any atom is -0.423 e. The third-order valence-electron chi connectivity index (χ3n) is 2.25. The smallest absolute Gasteiger partial charge is 0.423 e. The summed E-state index contributed by atoms with van der Waals surface area (Å²) in [7, 11) is -1.31. The fourth-order valence-corrected chi connectivity index (χ4v) is 2.33. The summed E-state index contributed by atoms with van der Waals surface area (Å²) in [5.41, 5.74) is 0.625. The molecule has 14 heavy (non-hydrogen) atoms. The van der Waals surface area contributed by atoms with Crippen LogP contribution in [-0.2, 0) is 6.42 Å². The minimum absolute atomic E-state index is 0.625. The molecular formula is C10H17BO2S. The van der Waals surface area contributed by atoms with Crippen LogP contribution >= 0.6 is 11.3 Å². The topological polar surface area (TPSA) is 40.5 Å². The summed E-state index contributed by atoms with van der Waals surface area (Å²) in [6.07, 6.45) is 6.09. The Labute approximate surface area is 89.7 Å². The van der Waals surface area contributed by atoms with Crippen LogP contribution in [0.4, 0.5) is 0 Å². The quantitative estimate of drug-likeness (QED) is 0.554. The molecule has 0 aliphatic carbocycles. The highest BCUT2D eigenvalue weighted by Gasteiger charge is 2.12. The van der Waals surface area contributed by atoms with Crippen molar-refractivity contribution in [2.45, 2.75) is 39.0 Å². The predicted octanol–water partition coefficient (Wildman–Crippen LogP) is 1.55. The van der Waals surface area contributed by atoms with Crippen molar-refractivity contribution in [2.75, 3.05) is 0 Å². The molecule has 0 aromatic carbocycles. The lowest BCUT2D eigenvalue weighted by molar-refractivity contribution is 0.426. The van der Waals surface area contributed by atoms with E-state index in [0.717, 1.165) is 6.42 Å². The fourth-order valence-electron chi connectivity index (χ4n) is 1.39. The average molecular weight is 212 g/mol. The van der Waals surface area contributed by atoms with Gasteiger partial charge >= 0.3 is 7.12 Å². The molecule has 0 spiro atoms. The maximum atomic E-state index is 8.91. The summed E-state index contributed by atoms with van der Waals surface area (Å²) < 4.78 is 0. The molecule has 2 nitrogen and oxygen atoms in total. The second kappa shape index (κ2) is 6.22. The van der Waals surface area contributed by atoms with Gasteiger partial charge in [-0.15, -0.1) is 11.3 Å². The normalized spacial score (nSPS) is 10.5. The lowest BCUT2D eigenvalue weighted by atomic mass is 9.82. The van der Waals surface area contributed by atoms with Crippen molar-refractivity contribution in [3.63, 3.8) is 0 Å². The van der Waals surface area contributed by atoms with Crippen LogP contribution in [0, 0.1) is 0 Å². The number of hydrogen-bond acceptors (Lipinski definition) is 3. The highest BCUT2D eigenvalue weighted by molar-refractivity contribution is 7.11. The number of unbranched alkanes of at least 4 members (excludes halogenated alkanes) is 3. The molecule has 0 fully saturated rings. The summed E-state index contributed by atoms with van der Waals surface area (Å²) in [5, 5.41) is 19.6. The van der Waals surface area contributed by atoms with Gasteiger partial charge in [0.05, 0.1) is 0 Å². The summed E-state index contributed by atoms with van der Waals surface area (Å²) in [6.45, 7) is 2.20. The molecular weight excluding hydrogens is 195 g/mol. The molecule has 78 valence electrons. The second-order valence-corrected chi connectivity index (χ2v) is 4.53. The molecule has 4 heteroatoms. The molecule has 0 saturated heterocycles. The Balaban J connectivity index is 2.29. The van der Waals surface area contributed by atoms with Crippen molar-refractivity contribution < 1.29 is 10.0 Å². The van der Waals surface area contributed by atoms with Gasteiger partial charge in [-0.3, -0.25) is 0 Å². The number of thiophene rings is 1. The van der Waals surface area contributed by atoms with E-state index >= 15 is 0 Å². The molecule has 0 bridgehead atoms. The van der Waals surface area contributed by atoms with E-state index in [2.05, 4.69) is 6.92 Å². The first-order valence-electron chi connectivity index (χ1n) is 5.17. The highest BCUT2D eigenvalue weighted by Crippen LogP contribution is 2.12. The van der Waals surface area contributed by atoms with Crippen molar-refractivity contribution in [3.8, 4) is 0 Å². The molecule has 1 rings (SSSR count). The van der Waals surface area contributed by atoms with E-state index in [9.17, 15) is 0 Å². The molecule has 0 aliphatic rings. The van der Waals surface area contributed by atoms with Crippen LogP contribution < -0.4 is 5.46 Å². The van der Waals surface area contributed by atoms with Gasteiger partial charge in [0.2, 0.25) is 0 Å². The number of rotatable bonds is 6. The van der Waals surface area contributed by atoms with Crippen molar-refractivity contribution in [2.24, 2.45) is 0 Å². The fraction of sp³-hybridized carbons (Fsp3) is 0.600. The lowest BCUT2D eigenvalue weighted by Crippen LogP contribution is -2.27. The second-order valence-electron chi connectivity index (χ2n) is 3.53. The minimum atomic E-state index is -1.31. The molecule has 1 aromatic rings. The summed E-state index contributed by atoms with van der Waals surface area (Å²) in [4.78, 5) is 1.25. The third kappa shape index (κ3) is 3.82. The maximum absolute atomic E-state index is 8.91. The summed E-state index contributed by atoms with van der Waals surface area (Å²) in [5.74, 6) is 0. The zero-order chi connectivity index (χ0) is 10.4. The standard InChI is InChI=1S/C10H17BO2S/c1-2-3-4-5-6-10-7-9(8-14-10)11(12)13/h7-8,12-13H,2-6H2,1H3. The van der Waals surface area contributed by atoms with Gasteiger partial charge in [0.1, 0.15) is 0 Å². The van der Waals surface area contributed by atoms with E-state index in [-0.39, 0.29) is 0 Å². The van der Waals surface area contributed by atoms with Gasteiger partial charge in [-0.2, -0.15) is 0 Å². The molecule has 1 heterocycles. The van der Waals surface area contributed by atoms with E-state index in [4.69, 9.17) is 10.0 Å². The van der Waals surface area contributed by atoms with Crippen molar-refractivity contribution in [1.29, 1.82) is 0 Å². The maximum Gasteiger partial charge on any atom is 0.489 e. The molecule has 0 aliphatic heterocycles. The first kappa shape index (κ1) is 11.8. The van der Waals surface area contributed by atoms with E-state index in [1.165, 1.54) is 30.6 Å². The summed E-state index contributed by atoms with van der Waals surface area (Å²) >= 11 is 1.62. The molecule has 1 aromatic heterocycles. The van der Waals surface area contributed by atoms with Crippen LogP contribution in [0.1, 0.15) is 37.5 Å². The molecule has 0 amide bonds. The number of aryl methyl sites for hydroxylation is 1. The lowest BCUT2D eigenvalue weighted by Gasteiger charge is -1.96. The van der Waals surface area contributed by atoms with Gasteiger partial charge in [-0.05, 0) is 29.8 Å². The van der Waals surface area contributed by atoms with Crippen LogP contribution in [-0.4, -0.2) is 17.2 Å². The summed E-state index contributed by atoms with van der Waals surface area (Å²) in [6, 6.07) is 1.89. The SMILES string of the molecule is CCCCCCc1cc(B(O)O)cs1. The van der Waals surface area contributed by atoms with Crippen molar-refractivity contribution in [3.05, 3.63) is 16.3 Å². The Morgan fingerprint density at radius 1 is 1.29 bits per heavy atom. The van der Waals surface area contributed by atoms with Crippen molar-refractivity contribution >= 4 is 23.9 Å². The van der Waals surface area contributed by atoms with E-state index in [0.29, 0.717) is 5.46 Å². The molecule has 0 saturated carbocycles. The first-order chi connectivity index (χ1) is 6.74. The Bertz CT molecular complexity index is 260. The highest BCUT2D eigenvalue weighted by atomic mass is 32.1. The van der Waals surface area contributed by atoms with Gasteiger partial charge in [0, 0.05) is 4.88 Å². The van der Waals surface area contributed by atoms with Crippen LogP contribution in [0.5, 0.6) is 0 Å². The van der Waals surface area contributed by atoms with E-state index in [1.54, 1.807) is 11.3 Å². The van der Waals surface area contributed by atoms with Gasteiger partial charge in [0.15, 0.2) is 0 Å². The monoisotopic (exact) mass is 212 g/mol. The van der Waals surface area contributed by atoms with Crippen LogP contribution in [0.3, 0.4) is 0 Å². The average Bonchev–Trinajstić information content (AvgIpc) is 2.61. The Hall–Kier alpha value is -0.315. The van der Waals surface area contributed by atoms with Gasteiger partial charge < -0.3 is 10.0 Å². The Morgan fingerprint density at radius 3 is 2.64 bits per heavy atom. The molecule has 2 N–H and O–H groups in total. The Kier molecular flexibility index (Phi) is 5.23. The molecule has 0 unspecified atom stereocenters. The van der Waals surface area contributed by atoms with Crippen LogP contribution in [0.2, 0.25) is 0 Å². The van der Waals surface area contributed by atoms with Crippen LogP contribution in [0.15, 0.2) is 11.4 Å². The predicted molar refractivity (Wildman–Crippen MR) is 62.0 cm³/mol. The Morgan fingerprint density at radius 2 is 2.07 bits per heavy atom. The third-order valence-corrected chi connectivity index (χ3v) is 3.26. The van der Waals surface area contributed by atoms with Gasteiger partial charge in [0.25, 0.3) is 0 Å². The zero-order valence-corrected chi connectivity index (χ0v) is 9.39. The number of hydrogen-bond donors (Lipinski definition) is 2. The van der Waals surface area contributed by atoms with Crippen molar-refractivity contribution in [1.82, 2.24) is 0 Å².